The summed E-state index contributed by atoms with van der Waals surface area (Å²) in [6, 6.07) is 21.5. The molecule has 0 aliphatic carbocycles. The Labute approximate surface area is 171 Å². The topological polar surface area (TPSA) is 62.6 Å². The molecule has 0 radical (unpaired) electrons. The van der Waals surface area contributed by atoms with Crippen LogP contribution in [0.2, 0.25) is 0 Å². The van der Waals surface area contributed by atoms with Gasteiger partial charge in [0.25, 0.3) is 5.91 Å². The Morgan fingerprint density at radius 2 is 1.59 bits per heavy atom. The van der Waals surface area contributed by atoms with E-state index in [1.165, 1.54) is 11.8 Å². The Morgan fingerprint density at radius 1 is 0.931 bits per heavy atom. The highest BCUT2D eigenvalue weighted by atomic mass is 16.3. The second-order valence-electron chi connectivity index (χ2n) is 6.94. The molecule has 0 saturated heterocycles. The maximum atomic E-state index is 13.0. The van der Waals surface area contributed by atoms with Crippen LogP contribution < -0.4 is 5.32 Å². The molecule has 1 N–H and O–H groups in total. The van der Waals surface area contributed by atoms with Crippen LogP contribution in [0.5, 0.6) is 0 Å². The van der Waals surface area contributed by atoms with Crippen LogP contribution >= 0.6 is 0 Å². The zero-order chi connectivity index (χ0) is 20.5. The summed E-state index contributed by atoms with van der Waals surface area (Å²) in [6.07, 6.45) is 2.55. The quantitative estimate of drug-likeness (QED) is 0.601. The fourth-order valence-corrected chi connectivity index (χ4v) is 3.15. The number of benzene rings is 2. The van der Waals surface area contributed by atoms with Crippen LogP contribution in [0, 0.1) is 6.92 Å². The fourth-order valence-electron chi connectivity index (χ4n) is 3.15. The lowest BCUT2D eigenvalue weighted by atomic mass is 10.1. The van der Waals surface area contributed by atoms with Crippen LogP contribution in [0.4, 0.5) is 0 Å². The molecule has 0 aliphatic heterocycles. The normalized spacial score (nSPS) is 10.5. The van der Waals surface area contributed by atoms with Crippen molar-refractivity contribution in [3.05, 3.63) is 95.4 Å². The van der Waals surface area contributed by atoms with Gasteiger partial charge in [-0.25, -0.2) is 0 Å². The first-order chi connectivity index (χ1) is 14.1. The zero-order valence-electron chi connectivity index (χ0n) is 16.6. The Morgan fingerprint density at radius 3 is 2.21 bits per heavy atom. The van der Waals surface area contributed by atoms with Gasteiger partial charge in [0.15, 0.2) is 0 Å². The monoisotopic (exact) mass is 390 g/mol. The number of amides is 2. The number of carbonyl (C=O) groups excluding carboxylic acids is 2. The van der Waals surface area contributed by atoms with Gasteiger partial charge < -0.3 is 14.6 Å². The summed E-state index contributed by atoms with van der Waals surface area (Å²) >= 11 is 0. The molecule has 3 aromatic rings. The van der Waals surface area contributed by atoms with Crippen molar-refractivity contribution in [1.29, 1.82) is 0 Å². The molecule has 0 unspecified atom stereocenters. The molecule has 29 heavy (non-hydrogen) atoms. The van der Waals surface area contributed by atoms with Gasteiger partial charge in [-0.1, -0.05) is 60.7 Å². The molecular formula is C24H26N2O3. The largest absolute Gasteiger partial charge is 0.469 e. The van der Waals surface area contributed by atoms with E-state index in [4.69, 9.17) is 4.42 Å². The number of hydrogen-bond acceptors (Lipinski definition) is 3. The van der Waals surface area contributed by atoms with Crippen molar-refractivity contribution >= 4 is 11.8 Å². The van der Waals surface area contributed by atoms with Crippen LogP contribution in [0.25, 0.3) is 0 Å². The van der Waals surface area contributed by atoms with Gasteiger partial charge in [-0.3, -0.25) is 9.59 Å². The molecule has 0 fully saturated rings. The lowest BCUT2D eigenvalue weighted by Crippen LogP contribution is -2.35. The third kappa shape index (κ3) is 6.07. The van der Waals surface area contributed by atoms with E-state index in [2.05, 4.69) is 5.32 Å². The smallest absolute Gasteiger partial charge is 0.257 e. The predicted molar refractivity (Wildman–Crippen MR) is 112 cm³/mol. The van der Waals surface area contributed by atoms with Crippen molar-refractivity contribution < 1.29 is 14.0 Å². The summed E-state index contributed by atoms with van der Waals surface area (Å²) in [5.41, 5.74) is 2.74. The third-order valence-electron chi connectivity index (χ3n) is 4.78. The first-order valence-corrected chi connectivity index (χ1v) is 9.81. The van der Waals surface area contributed by atoms with E-state index in [9.17, 15) is 9.59 Å². The number of furan rings is 1. The number of aryl methyl sites for hydroxylation is 1. The van der Waals surface area contributed by atoms with E-state index in [1.807, 2.05) is 60.7 Å². The van der Waals surface area contributed by atoms with Crippen LogP contribution in [-0.2, 0) is 17.8 Å². The maximum Gasteiger partial charge on any atom is 0.257 e. The number of hydrogen-bond donors (Lipinski definition) is 1. The second kappa shape index (κ2) is 10.3. The first-order valence-electron chi connectivity index (χ1n) is 9.81. The van der Waals surface area contributed by atoms with Gasteiger partial charge >= 0.3 is 0 Å². The lowest BCUT2D eigenvalue weighted by Gasteiger charge is -2.22. The van der Waals surface area contributed by atoms with Crippen molar-refractivity contribution in [2.24, 2.45) is 0 Å². The molecule has 0 bridgehead atoms. The van der Waals surface area contributed by atoms with E-state index in [0.29, 0.717) is 31.0 Å². The molecule has 0 atom stereocenters. The molecule has 5 heteroatoms. The number of carbonyl (C=O) groups is 2. The van der Waals surface area contributed by atoms with Crippen molar-refractivity contribution in [1.82, 2.24) is 10.2 Å². The third-order valence-corrected chi connectivity index (χ3v) is 4.78. The second-order valence-corrected chi connectivity index (χ2v) is 6.94. The SMILES string of the molecule is Cc1occc1C(=O)N(CCC(=O)NCCc1ccccc1)Cc1ccccc1. The molecule has 0 aliphatic rings. The Kier molecular flexibility index (Phi) is 7.22. The molecule has 2 aromatic carbocycles. The summed E-state index contributed by atoms with van der Waals surface area (Å²) in [7, 11) is 0. The molecule has 1 heterocycles. The van der Waals surface area contributed by atoms with Crippen molar-refractivity contribution in [2.45, 2.75) is 26.3 Å². The van der Waals surface area contributed by atoms with Gasteiger partial charge in [-0.15, -0.1) is 0 Å². The standard InChI is InChI=1S/C24H26N2O3/c1-19-22(14-17-29-19)24(28)26(18-21-10-6-3-7-11-21)16-13-23(27)25-15-12-20-8-4-2-5-9-20/h2-11,14,17H,12-13,15-16,18H2,1H3,(H,25,27). The van der Waals surface area contributed by atoms with E-state index in [1.54, 1.807) is 17.9 Å². The molecule has 2 amide bonds. The fraction of sp³-hybridized carbons (Fsp3) is 0.250. The summed E-state index contributed by atoms with van der Waals surface area (Å²) in [4.78, 5) is 27.0. The van der Waals surface area contributed by atoms with Crippen LogP contribution in [0.15, 0.2) is 77.4 Å². The number of nitrogens with one attached hydrogen (secondary N) is 1. The summed E-state index contributed by atoms with van der Waals surface area (Å²) in [5, 5.41) is 2.94. The van der Waals surface area contributed by atoms with Gasteiger partial charge in [0.1, 0.15) is 5.76 Å². The Hall–Kier alpha value is -3.34. The molecular weight excluding hydrogens is 364 g/mol. The van der Waals surface area contributed by atoms with E-state index in [0.717, 1.165) is 12.0 Å². The van der Waals surface area contributed by atoms with Crippen molar-refractivity contribution in [2.75, 3.05) is 13.1 Å². The van der Waals surface area contributed by atoms with E-state index < -0.39 is 0 Å². The highest BCUT2D eigenvalue weighted by Gasteiger charge is 2.20. The zero-order valence-corrected chi connectivity index (χ0v) is 16.6. The van der Waals surface area contributed by atoms with Crippen LogP contribution in [0.3, 0.4) is 0 Å². The summed E-state index contributed by atoms with van der Waals surface area (Å²) in [5.74, 6) is 0.397. The first kappa shape index (κ1) is 20.4. The van der Waals surface area contributed by atoms with E-state index in [-0.39, 0.29) is 18.2 Å². The molecule has 1 aromatic heterocycles. The number of rotatable bonds is 9. The molecule has 3 rings (SSSR count). The van der Waals surface area contributed by atoms with Gasteiger partial charge in [0.2, 0.25) is 5.91 Å². The van der Waals surface area contributed by atoms with Gasteiger partial charge in [0.05, 0.1) is 11.8 Å². The van der Waals surface area contributed by atoms with Crippen molar-refractivity contribution in [3.63, 3.8) is 0 Å². The van der Waals surface area contributed by atoms with Gasteiger partial charge in [-0.2, -0.15) is 0 Å². The Bertz CT molecular complexity index is 920. The minimum atomic E-state index is -0.128. The van der Waals surface area contributed by atoms with Crippen LogP contribution in [0.1, 0.15) is 33.7 Å². The van der Waals surface area contributed by atoms with Crippen LogP contribution in [-0.4, -0.2) is 29.8 Å². The molecule has 0 saturated carbocycles. The minimum Gasteiger partial charge on any atom is -0.469 e. The maximum absolute atomic E-state index is 13.0. The average molecular weight is 390 g/mol. The Balaban J connectivity index is 1.56. The summed E-state index contributed by atoms with van der Waals surface area (Å²) < 4.78 is 5.28. The predicted octanol–water partition coefficient (Wildman–Crippen LogP) is 3.98. The lowest BCUT2D eigenvalue weighted by molar-refractivity contribution is -0.121. The highest BCUT2D eigenvalue weighted by molar-refractivity contribution is 5.95. The minimum absolute atomic E-state index is 0.0595. The molecule has 150 valence electrons. The summed E-state index contributed by atoms with van der Waals surface area (Å²) in [6.45, 7) is 3.14. The van der Waals surface area contributed by atoms with Crippen molar-refractivity contribution in [3.8, 4) is 0 Å². The average Bonchev–Trinajstić information content (AvgIpc) is 3.18. The number of nitrogens with zero attached hydrogens (tertiary/aromatic N) is 1. The van der Waals surface area contributed by atoms with Gasteiger partial charge in [0, 0.05) is 26.1 Å². The highest BCUT2D eigenvalue weighted by Crippen LogP contribution is 2.15. The van der Waals surface area contributed by atoms with E-state index >= 15 is 0 Å². The molecule has 5 nitrogen and oxygen atoms in total. The molecule has 0 spiro atoms. The van der Waals surface area contributed by atoms with Gasteiger partial charge in [-0.05, 0) is 30.5 Å².